The summed E-state index contributed by atoms with van der Waals surface area (Å²) in [4.78, 5) is 36.8. The smallest absolute Gasteiger partial charge is 0.253 e. The highest BCUT2D eigenvalue weighted by Crippen LogP contribution is 2.39. The Balaban J connectivity index is 1.28. The summed E-state index contributed by atoms with van der Waals surface area (Å²) < 4.78 is 0. The predicted molar refractivity (Wildman–Crippen MR) is 173 cm³/mol. The van der Waals surface area contributed by atoms with E-state index in [4.69, 9.17) is 0 Å². The fourth-order valence-corrected chi connectivity index (χ4v) is 6.48. The zero-order valence-electron chi connectivity index (χ0n) is 23.3. The third-order valence-corrected chi connectivity index (χ3v) is 9.18. The first-order valence-corrected chi connectivity index (χ1v) is 15.7. The molecule has 0 aliphatic heterocycles. The number of para-hydroxylation sites is 1. The fraction of sp³-hybridized carbons (Fsp3) is 0.118. The number of hydrogen-bond acceptors (Lipinski definition) is 6. The van der Waals surface area contributed by atoms with E-state index in [1.807, 2.05) is 111 Å². The summed E-state index contributed by atoms with van der Waals surface area (Å²) in [5, 5.41) is 8.56. The first-order valence-electron chi connectivity index (χ1n) is 13.5. The number of carbonyl (C=O) groups excluding carboxylic acids is 2. The Kier molecular flexibility index (Phi) is 9.69. The van der Waals surface area contributed by atoms with Gasteiger partial charge in [0, 0.05) is 40.7 Å². The van der Waals surface area contributed by atoms with Gasteiger partial charge in [0.15, 0.2) is 0 Å². The molecule has 210 valence electrons. The van der Waals surface area contributed by atoms with E-state index >= 15 is 0 Å². The molecule has 6 nitrogen and oxygen atoms in total. The average molecular weight is 591 g/mol. The number of rotatable bonds is 9. The molecule has 42 heavy (non-hydrogen) atoms. The number of nitrogens with one attached hydrogen (secondary N) is 2. The van der Waals surface area contributed by atoms with Crippen molar-refractivity contribution in [1.29, 1.82) is 0 Å². The van der Waals surface area contributed by atoms with Crippen LogP contribution in [0.25, 0.3) is 21.9 Å². The maximum absolute atomic E-state index is 12.8. The zero-order valence-corrected chi connectivity index (χ0v) is 25.0. The Morgan fingerprint density at radius 3 is 1.98 bits per heavy atom. The Morgan fingerprint density at radius 1 is 0.762 bits per heavy atom. The molecule has 3 aromatic carbocycles. The Morgan fingerprint density at radius 2 is 1.36 bits per heavy atom. The molecule has 2 aromatic heterocycles. The topological polar surface area (TPSA) is 84.0 Å². The fourth-order valence-electron chi connectivity index (χ4n) is 4.35. The zero-order chi connectivity index (χ0) is 29.3. The number of amides is 2. The number of fused-ring (bicyclic) bond motifs is 1. The van der Waals surface area contributed by atoms with Crippen molar-refractivity contribution in [2.75, 3.05) is 0 Å². The van der Waals surface area contributed by atoms with Crippen molar-refractivity contribution in [3.8, 4) is 0 Å². The van der Waals surface area contributed by atoms with Gasteiger partial charge in [0.2, 0.25) is 0 Å². The van der Waals surface area contributed by atoms with Gasteiger partial charge in [0.25, 0.3) is 11.8 Å². The highest BCUT2D eigenvalue weighted by molar-refractivity contribution is 8.80. The van der Waals surface area contributed by atoms with Crippen molar-refractivity contribution < 1.29 is 9.59 Å². The van der Waals surface area contributed by atoms with Crippen LogP contribution in [0.4, 0.5) is 0 Å². The van der Waals surface area contributed by atoms with Crippen LogP contribution in [0, 0.1) is 0 Å². The lowest BCUT2D eigenvalue weighted by molar-refractivity contribution is 0.0942. The molecular formula is C34H30N4O2S2. The second-order valence-electron chi connectivity index (χ2n) is 9.56. The lowest BCUT2D eigenvalue weighted by Gasteiger charge is -2.09. The lowest BCUT2D eigenvalue weighted by atomic mass is 10.1. The van der Waals surface area contributed by atoms with Crippen molar-refractivity contribution in [3.05, 3.63) is 136 Å². The molecule has 8 heteroatoms. The normalized spacial score (nSPS) is 12.2. The van der Waals surface area contributed by atoms with E-state index < -0.39 is 0 Å². The van der Waals surface area contributed by atoms with E-state index in [1.54, 1.807) is 34.0 Å². The van der Waals surface area contributed by atoms with E-state index in [1.165, 1.54) is 0 Å². The van der Waals surface area contributed by atoms with E-state index in [0.717, 1.165) is 42.4 Å². The molecule has 2 N–H and O–H groups in total. The van der Waals surface area contributed by atoms with Crippen LogP contribution in [0.3, 0.4) is 0 Å². The molecule has 0 unspecified atom stereocenters. The van der Waals surface area contributed by atoms with Gasteiger partial charge >= 0.3 is 0 Å². The van der Waals surface area contributed by atoms with Gasteiger partial charge in [0.1, 0.15) is 0 Å². The molecule has 0 bridgehead atoms. The van der Waals surface area contributed by atoms with E-state index in [0.29, 0.717) is 24.2 Å². The van der Waals surface area contributed by atoms with Crippen LogP contribution in [-0.4, -0.2) is 21.8 Å². The van der Waals surface area contributed by atoms with Gasteiger partial charge in [-0.2, -0.15) is 0 Å². The van der Waals surface area contributed by atoms with E-state index in [2.05, 4.69) is 20.6 Å². The van der Waals surface area contributed by atoms with E-state index in [9.17, 15) is 9.59 Å². The van der Waals surface area contributed by atoms with Crippen LogP contribution in [0.2, 0.25) is 0 Å². The summed E-state index contributed by atoms with van der Waals surface area (Å²) in [5.74, 6) is -0.313. The highest BCUT2D eigenvalue weighted by Gasteiger charge is 2.11. The molecule has 5 rings (SSSR count). The molecule has 0 spiro atoms. The van der Waals surface area contributed by atoms with Crippen molar-refractivity contribution >= 4 is 55.3 Å². The van der Waals surface area contributed by atoms with Crippen LogP contribution in [0.5, 0.6) is 0 Å². The van der Waals surface area contributed by atoms with Crippen molar-refractivity contribution in [3.63, 3.8) is 0 Å². The number of carbonyl (C=O) groups is 2. The maximum Gasteiger partial charge on any atom is 0.253 e. The quantitative estimate of drug-likeness (QED) is 0.209. The van der Waals surface area contributed by atoms with Crippen molar-refractivity contribution in [2.24, 2.45) is 0 Å². The first kappa shape index (κ1) is 29.1. The molecule has 0 aliphatic carbocycles. The summed E-state index contributed by atoms with van der Waals surface area (Å²) in [5.41, 5.74) is 3.97. The lowest BCUT2D eigenvalue weighted by Crippen LogP contribution is -2.32. The van der Waals surface area contributed by atoms with Crippen LogP contribution in [0.15, 0.2) is 108 Å². The number of nitrogens with zero attached hydrogens (tertiary/aromatic N) is 2. The summed E-state index contributed by atoms with van der Waals surface area (Å²) in [6, 6.07) is 29.4. The minimum absolute atomic E-state index is 0.156. The molecule has 2 heterocycles. The summed E-state index contributed by atoms with van der Waals surface area (Å²) in [7, 11) is 3.19. The summed E-state index contributed by atoms with van der Waals surface area (Å²) in [6.07, 6.45) is 5.22. The third-order valence-electron chi connectivity index (χ3n) is 6.61. The number of pyridine rings is 2. The standard InChI is InChI=1S/C34H30N4O2S2/c1-3-26-17-28(33(39)37-19-24-11-6-4-7-12-24)21-35-31(26)23(2)41-42-30-16-10-15-27-18-29(22-36-32(27)30)34(40)38-20-25-13-8-5-9-14-25/h3-18,21-22H,19-20H2,1-2H3,(H,37,39)(H,38,40). The first-order chi connectivity index (χ1) is 20.5. The molecule has 0 saturated heterocycles. The Labute approximate surface area is 252 Å². The van der Waals surface area contributed by atoms with Crippen molar-refractivity contribution in [1.82, 2.24) is 20.6 Å². The monoisotopic (exact) mass is 590 g/mol. The number of benzene rings is 3. The van der Waals surface area contributed by atoms with Gasteiger partial charge in [-0.05, 0) is 48.4 Å². The van der Waals surface area contributed by atoms with Gasteiger partial charge in [-0.1, -0.05) is 100 Å². The van der Waals surface area contributed by atoms with Gasteiger partial charge in [-0.15, -0.1) is 0 Å². The summed E-state index contributed by atoms with van der Waals surface area (Å²) in [6.45, 7) is 4.89. The maximum atomic E-state index is 12.8. The Hall–Kier alpha value is -4.40. The van der Waals surface area contributed by atoms with Crippen molar-refractivity contribution in [2.45, 2.75) is 31.8 Å². The highest BCUT2D eigenvalue weighted by atomic mass is 33.1. The molecule has 0 atom stereocenters. The van der Waals surface area contributed by atoms with E-state index in [-0.39, 0.29) is 11.8 Å². The minimum Gasteiger partial charge on any atom is -0.348 e. The molecular weight excluding hydrogens is 561 g/mol. The molecule has 5 aromatic rings. The van der Waals surface area contributed by atoms with Crippen LogP contribution in [-0.2, 0) is 13.1 Å². The summed E-state index contributed by atoms with van der Waals surface area (Å²) >= 11 is 0. The third kappa shape index (κ3) is 7.26. The molecule has 0 fully saturated rings. The van der Waals surface area contributed by atoms with Crippen LogP contribution >= 0.6 is 21.6 Å². The number of hydrogen-bond donors (Lipinski definition) is 2. The van der Waals surface area contributed by atoms with Gasteiger partial charge in [-0.25, -0.2) is 0 Å². The second-order valence-corrected chi connectivity index (χ2v) is 11.9. The van der Waals surface area contributed by atoms with Gasteiger partial charge in [-0.3, -0.25) is 19.6 Å². The average Bonchev–Trinajstić information content (AvgIpc) is 3.05. The van der Waals surface area contributed by atoms with Crippen LogP contribution in [0.1, 0.15) is 45.7 Å². The molecule has 2 amide bonds. The molecule has 0 aliphatic rings. The molecule has 0 saturated carbocycles. The SMILES string of the molecule is CC=c1cc(C(=O)NCc2ccccc2)cnc1=C(C)SSc1cccc2cc(C(=O)NCc3ccccc3)cnc12. The molecule has 0 radical (unpaired) electrons. The largest absolute Gasteiger partial charge is 0.348 e. The second kappa shape index (κ2) is 14.0. The van der Waals surface area contributed by atoms with Crippen LogP contribution < -0.4 is 21.2 Å². The number of aromatic nitrogens is 2. The Bertz CT molecular complexity index is 1850. The van der Waals surface area contributed by atoms with Gasteiger partial charge in [0.05, 0.1) is 22.0 Å². The predicted octanol–water partition coefficient (Wildman–Crippen LogP) is 5.86. The van der Waals surface area contributed by atoms with Gasteiger partial charge < -0.3 is 10.6 Å². The minimum atomic E-state index is -0.157.